The van der Waals surface area contributed by atoms with Crippen LogP contribution in [0, 0.1) is 35.5 Å². The summed E-state index contributed by atoms with van der Waals surface area (Å²) in [7, 11) is 5.74. The standard InChI is InChI=1S/C54H82N2O15/c1-32-17-13-12-14-18-33(2)44(66-9)29-40-22-20-38(7)54(65,71-40)50(61)51(62)56-24-16-15-19-41(56)52(63)69-45(30-42(58)34(3)26-37(6)48(60)49(68-11)47(59)36(5)25-32)35(4)27-39-21-23-43(46(28-39)67-10)70-53(64)55(8)31-57/h12-14,17-18,26,31-32,34-36,38-41,43-46,48-49,60,65H,15-16,19-25,27-30H2,1-11H3/b14-12+,17-13+,33-18+,37-26+/t32-,34-,35-,36?,38-,39+,40+,41+,43-,44+,45+,46-,48-,49?,54-/m1/s1. The van der Waals surface area contributed by atoms with Gasteiger partial charge in [0, 0.05) is 65.5 Å². The number of amides is 3. The zero-order chi connectivity index (χ0) is 52.7. The number of aliphatic hydroxyl groups excluding tert-OH is 1. The molecule has 17 heteroatoms. The molecular formula is C54H82N2O15. The van der Waals surface area contributed by atoms with Crippen molar-refractivity contribution in [3.63, 3.8) is 0 Å². The van der Waals surface area contributed by atoms with Gasteiger partial charge >= 0.3 is 12.1 Å². The van der Waals surface area contributed by atoms with E-state index in [-0.39, 0.29) is 42.8 Å². The first kappa shape index (κ1) is 59.2. The quantitative estimate of drug-likeness (QED) is 0.116. The second kappa shape index (κ2) is 27.6. The predicted octanol–water partition coefficient (Wildman–Crippen LogP) is 6.41. The van der Waals surface area contributed by atoms with E-state index in [2.05, 4.69) is 0 Å². The minimum absolute atomic E-state index is 0.00243. The summed E-state index contributed by atoms with van der Waals surface area (Å²) in [5, 5.41) is 23.5. The molecule has 3 heterocycles. The number of allylic oxidation sites excluding steroid dienone is 6. The minimum Gasteiger partial charge on any atom is -0.460 e. The van der Waals surface area contributed by atoms with Crippen molar-refractivity contribution in [1.82, 2.24) is 9.80 Å². The highest BCUT2D eigenvalue weighted by Gasteiger charge is 2.53. The summed E-state index contributed by atoms with van der Waals surface area (Å²) in [5.41, 5.74) is 1.22. The maximum Gasteiger partial charge on any atom is 0.416 e. The van der Waals surface area contributed by atoms with Gasteiger partial charge in [0.1, 0.15) is 36.2 Å². The first-order chi connectivity index (χ1) is 33.6. The fraction of sp³-hybridized carbons (Fsp3) is 0.722. The number of hydrogen-bond donors (Lipinski definition) is 2. The molecule has 2 bridgehead atoms. The molecule has 2 N–H and O–H groups in total. The number of rotatable bonds is 8. The fourth-order valence-corrected chi connectivity index (χ4v) is 10.5. The van der Waals surface area contributed by atoms with Gasteiger partial charge in [0.05, 0.1) is 18.3 Å². The Balaban J connectivity index is 1.70. The fourth-order valence-electron chi connectivity index (χ4n) is 10.5. The molecule has 0 aromatic rings. The van der Waals surface area contributed by atoms with Crippen molar-refractivity contribution < 1.29 is 72.2 Å². The first-order valence-electron chi connectivity index (χ1n) is 25.5. The monoisotopic (exact) mass is 999 g/mol. The Morgan fingerprint density at radius 1 is 0.901 bits per heavy atom. The molecule has 3 amide bonds. The lowest BCUT2D eigenvalue weighted by molar-refractivity contribution is -0.265. The highest BCUT2D eigenvalue weighted by Crippen LogP contribution is 2.38. The third-order valence-electron chi connectivity index (χ3n) is 15.2. The third kappa shape index (κ3) is 15.8. The Morgan fingerprint density at radius 2 is 1.62 bits per heavy atom. The van der Waals surface area contributed by atoms with Gasteiger partial charge in [-0.2, -0.15) is 0 Å². The van der Waals surface area contributed by atoms with Crippen LogP contribution in [0.3, 0.4) is 0 Å². The molecule has 4 rings (SSSR count). The van der Waals surface area contributed by atoms with E-state index in [1.807, 2.05) is 51.2 Å². The average Bonchev–Trinajstić information content (AvgIpc) is 3.35. The number of Topliss-reactive ketones (excluding diaryl/α,β-unsaturated/α-hetero) is 3. The number of fused-ring (bicyclic) bond motifs is 3. The topological polar surface area (TPSA) is 222 Å². The molecule has 2 unspecified atom stereocenters. The van der Waals surface area contributed by atoms with Gasteiger partial charge in [0.15, 0.2) is 5.78 Å². The van der Waals surface area contributed by atoms with Crippen LogP contribution in [0.1, 0.15) is 126 Å². The van der Waals surface area contributed by atoms with Crippen molar-refractivity contribution in [3.05, 3.63) is 47.6 Å². The van der Waals surface area contributed by atoms with Crippen LogP contribution in [0.2, 0.25) is 0 Å². The van der Waals surface area contributed by atoms with Crippen molar-refractivity contribution in [1.29, 1.82) is 0 Å². The maximum absolute atomic E-state index is 14.5. The summed E-state index contributed by atoms with van der Waals surface area (Å²) < 4.78 is 35.2. The van der Waals surface area contributed by atoms with E-state index >= 15 is 0 Å². The smallest absolute Gasteiger partial charge is 0.416 e. The number of piperidine rings is 1. The summed E-state index contributed by atoms with van der Waals surface area (Å²) in [4.78, 5) is 96.7. The van der Waals surface area contributed by atoms with Crippen molar-refractivity contribution >= 4 is 41.7 Å². The van der Waals surface area contributed by atoms with Gasteiger partial charge in [-0.15, -0.1) is 0 Å². The Hall–Kier alpha value is -4.39. The number of esters is 1. The van der Waals surface area contributed by atoms with Crippen LogP contribution >= 0.6 is 0 Å². The van der Waals surface area contributed by atoms with Crippen LogP contribution in [0.25, 0.3) is 0 Å². The summed E-state index contributed by atoms with van der Waals surface area (Å²) in [6.45, 7) is 12.6. The molecule has 398 valence electrons. The lowest BCUT2D eigenvalue weighted by Gasteiger charge is -2.42. The second-order valence-corrected chi connectivity index (χ2v) is 20.7. The van der Waals surface area contributed by atoms with Crippen molar-refractivity contribution in [2.24, 2.45) is 35.5 Å². The Labute approximate surface area is 420 Å². The van der Waals surface area contributed by atoms with Gasteiger partial charge in [-0.1, -0.05) is 71.1 Å². The number of imide groups is 1. The van der Waals surface area contributed by atoms with E-state index in [0.717, 1.165) is 15.4 Å². The van der Waals surface area contributed by atoms with Gasteiger partial charge < -0.3 is 43.5 Å². The van der Waals surface area contributed by atoms with Gasteiger partial charge in [0.25, 0.3) is 11.7 Å². The summed E-state index contributed by atoms with van der Waals surface area (Å²) in [5.74, 6) is -8.52. The van der Waals surface area contributed by atoms with Crippen LogP contribution in [0.5, 0.6) is 0 Å². The summed E-state index contributed by atoms with van der Waals surface area (Å²) in [6, 6.07) is -1.19. The first-order valence-corrected chi connectivity index (χ1v) is 25.5. The van der Waals surface area contributed by atoms with Gasteiger partial charge in [-0.05, 0) is 107 Å². The normalized spacial score (nSPS) is 37.8. The lowest BCUT2D eigenvalue weighted by atomic mass is 9.78. The maximum atomic E-state index is 14.5. The van der Waals surface area contributed by atoms with E-state index in [4.69, 9.17) is 28.4 Å². The zero-order valence-corrected chi connectivity index (χ0v) is 43.9. The highest BCUT2D eigenvalue weighted by atomic mass is 16.6. The van der Waals surface area contributed by atoms with Crippen LogP contribution in [-0.4, -0.2) is 151 Å². The SMILES string of the molecule is COC1C(=O)C(C)C[C@H](C)/C=C/C=C/C=C(\C)[C@@H](OC)C[C@@H]2CC[C@@H](C)[C@@](O)(O2)C(=O)C(=O)N2CCCC[C@H]2C(=O)O[C@H]([C@H](C)C[C@@H]2CC[C@@H](OC(=O)N(C)C=O)[C@H](OC)C2)CC(=O)[C@H](C)/C=C(\C)[C@H]1O. The van der Waals surface area contributed by atoms with E-state index < -0.39 is 102 Å². The minimum atomic E-state index is -2.46. The number of carbonyl (C=O) groups excluding carboxylic acids is 7. The molecule has 4 aliphatic rings. The zero-order valence-electron chi connectivity index (χ0n) is 43.9. The molecule has 0 aromatic heterocycles. The van der Waals surface area contributed by atoms with Gasteiger partial charge in [-0.3, -0.25) is 28.9 Å². The van der Waals surface area contributed by atoms with Gasteiger partial charge in [0.2, 0.25) is 12.2 Å². The number of ether oxygens (including phenoxy) is 6. The molecule has 71 heavy (non-hydrogen) atoms. The predicted molar refractivity (Wildman–Crippen MR) is 263 cm³/mol. The third-order valence-corrected chi connectivity index (χ3v) is 15.2. The molecule has 3 aliphatic heterocycles. The number of hydrogen-bond acceptors (Lipinski definition) is 15. The number of carbonyl (C=O) groups is 7. The van der Waals surface area contributed by atoms with Crippen molar-refractivity contribution in [2.75, 3.05) is 34.9 Å². The number of cyclic esters (lactones) is 1. The molecule has 0 radical (unpaired) electrons. The number of ketones is 3. The average molecular weight is 999 g/mol. The van der Waals surface area contributed by atoms with E-state index in [9.17, 15) is 43.8 Å². The van der Waals surface area contributed by atoms with Crippen LogP contribution < -0.4 is 0 Å². The van der Waals surface area contributed by atoms with Crippen LogP contribution in [0.15, 0.2) is 47.6 Å². The highest BCUT2D eigenvalue weighted by molar-refractivity contribution is 6.39. The van der Waals surface area contributed by atoms with Gasteiger partial charge in [-0.25, -0.2) is 9.59 Å². The molecule has 0 aromatic carbocycles. The second-order valence-electron chi connectivity index (χ2n) is 20.7. The Bertz CT molecular complexity index is 1980. The van der Waals surface area contributed by atoms with Crippen LogP contribution in [0.4, 0.5) is 4.79 Å². The molecule has 15 atom stereocenters. The summed E-state index contributed by atoms with van der Waals surface area (Å²) in [6.07, 6.45) is 9.60. The van der Waals surface area contributed by atoms with Crippen molar-refractivity contribution in [3.8, 4) is 0 Å². The Morgan fingerprint density at radius 3 is 2.28 bits per heavy atom. The molecule has 1 saturated carbocycles. The summed E-state index contributed by atoms with van der Waals surface area (Å²) >= 11 is 0. The molecule has 0 spiro atoms. The van der Waals surface area contributed by atoms with Crippen LogP contribution in [-0.2, 0) is 57.2 Å². The van der Waals surface area contributed by atoms with E-state index in [1.54, 1.807) is 40.9 Å². The molecule has 2 saturated heterocycles. The number of methoxy groups -OCH3 is 3. The molecule has 3 fully saturated rings. The van der Waals surface area contributed by atoms with Crippen molar-refractivity contribution in [2.45, 2.75) is 180 Å². The largest absolute Gasteiger partial charge is 0.460 e. The number of nitrogens with zero attached hydrogens (tertiary/aromatic N) is 2. The number of aliphatic hydroxyl groups is 2. The van der Waals surface area contributed by atoms with E-state index in [1.165, 1.54) is 21.3 Å². The molecule has 17 nitrogen and oxygen atoms in total. The molecular weight excluding hydrogens is 917 g/mol. The lowest BCUT2D eigenvalue weighted by Crippen LogP contribution is -2.61. The van der Waals surface area contributed by atoms with E-state index in [0.29, 0.717) is 76.2 Å². The Kier molecular flexibility index (Phi) is 23.0. The molecule has 1 aliphatic carbocycles.